The van der Waals surface area contributed by atoms with Gasteiger partial charge in [-0.3, -0.25) is 9.78 Å². The molecule has 1 aromatic heterocycles. The zero-order valence-electron chi connectivity index (χ0n) is 12.8. The predicted octanol–water partition coefficient (Wildman–Crippen LogP) is 1.92. The minimum absolute atomic E-state index is 0.231. The molecule has 4 nitrogen and oxygen atoms in total. The van der Waals surface area contributed by atoms with Crippen molar-refractivity contribution < 1.29 is 4.79 Å². The zero-order valence-corrected chi connectivity index (χ0v) is 12.8. The molecule has 0 bridgehead atoms. The van der Waals surface area contributed by atoms with Gasteiger partial charge in [-0.2, -0.15) is 0 Å². The second-order valence-corrected chi connectivity index (χ2v) is 6.36. The van der Waals surface area contributed by atoms with E-state index < -0.39 is 0 Å². The molecule has 1 atom stereocenters. The van der Waals surface area contributed by atoms with Gasteiger partial charge in [0.15, 0.2) is 0 Å². The van der Waals surface area contributed by atoms with Crippen LogP contribution in [0.2, 0.25) is 0 Å². The Kier molecular flexibility index (Phi) is 4.54. The smallest absolute Gasteiger partial charge is 0.228 e. The number of nitrogens with zero attached hydrogens (tertiary/aromatic N) is 2. The molecule has 3 rings (SSSR count). The fourth-order valence-corrected chi connectivity index (χ4v) is 3.62. The van der Waals surface area contributed by atoms with E-state index >= 15 is 0 Å². The van der Waals surface area contributed by atoms with Crippen LogP contribution in [0.15, 0.2) is 18.3 Å². The van der Waals surface area contributed by atoms with Crippen molar-refractivity contribution in [1.29, 1.82) is 0 Å². The summed E-state index contributed by atoms with van der Waals surface area (Å²) in [4.78, 5) is 18.8. The highest BCUT2D eigenvalue weighted by atomic mass is 16.2. The van der Waals surface area contributed by atoms with Gasteiger partial charge in [0.25, 0.3) is 0 Å². The molecule has 1 unspecified atom stereocenters. The summed E-state index contributed by atoms with van der Waals surface area (Å²) in [6, 6.07) is 4.64. The Balaban J connectivity index is 1.52. The monoisotopic (exact) mass is 287 g/mol. The summed E-state index contributed by atoms with van der Waals surface area (Å²) >= 11 is 0. The van der Waals surface area contributed by atoms with E-state index in [0.29, 0.717) is 12.5 Å². The van der Waals surface area contributed by atoms with Crippen LogP contribution >= 0.6 is 0 Å². The minimum Gasteiger partial charge on any atom is -0.342 e. The summed E-state index contributed by atoms with van der Waals surface area (Å²) in [7, 11) is 0. The van der Waals surface area contributed by atoms with Crippen molar-refractivity contribution in [3.05, 3.63) is 29.6 Å². The lowest BCUT2D eigenvalue weighted by Crippen LogP contribution is -2.44. The molecule has 0 aliphatic carbocycles. The molecule has 114 valence electrons. The van der Waals surface area contributed by atoms with E-state index in [1.165, 1.54) is 19.4 Å². The van der Waals surface area contributed by atoms with E-state index in [2.05, 4.69) is 10.3 Å². The van der Waals surface area contributed by atoms with Crippen LogP contribution in [0.5, 0.6) is 0 Å². The van der Waals surface area contributed by atoms with Crippen molar-refractivity contribution in [3.8, 4) is 0 Å². The first-order chi connectivity index (χ1) is 10.2. The second kappa shape index (κ2) is 6.56. The number of piperidine rings is 1. The van der Waals surface area contributed by atoms with Gasteiger partial charge in [-0.15, -0.1) is 0 Å². The maximum Gasteiger partial charge on any atom is 0.228 e. The molecule has 0 saturated carbocycles. The zero-order chi connectivity index (χ0) is 14.7. The number of aromatic nitrogens is 1. The van der Waals surface area contributed by atoms with Gasteiger partial charge in [-0.1, -0.05) is 6.07 Å². The molecule has 2 aliphatic heterocycles. The number of amides is 1. The number of hydrogen-bond acceptors (Lipinski definition) is 3. The highest BCUT2D eigenvalue weighted by molar-refractivity contribution is 5.78. The summed E-state index contributed by atoms with van der Waals surface area (Å²) in [5, 5.41) is 3.60. The summed E-state index contributed by atoms with van der Waals surface area (Å²) < 4.78 is 0. The van der Waals surface area contributed by atoms with Gasteiger partial charge in [0.1, 0.15) is 0 Å². The molecule has 0 aromatic carbocycles. The number of nitrogens with one attached hydrogen (secondary N) is 1. The van der Waals surface area contributed by atoms with Crippen LogP contribution in [-0.4, -0.2) is 41.5 Å². The van der Waals surface area contributed by atoms with Crippen molar-refractivity contribution >= 4 is 5.91 Å². The van der Waals surface area contributed by atoms with Crippen LogP contribution in [0.25, 0.3) is 0 Å². The molecular weight excluding hydrogens is 262 g/mol. The molecule has 3 heterocycles. The Morgan fingerprint density at radius 3 is 2.86 bits per heavy atom. The van der Waals surface area contributed by atoms with Crippen molar-refractivity contribution in [1.82, 2.24) is 15.2 Å². The number of carbonyl (C=O) groups excluding carboxylic acids is 1. The molecule has 2 saturated heterocycles. The Hall–Kier alpha value is -1.42. The fourth-order valence-electron chi connectivity index (χ4n) is 3.62. The largest absolute Gasteiger partial charge is 0.342 e. The highest BCUT2D eigenvalue weighted by Crippen LogP contribution is 2.25. The van der Waals surface area contributed by atoms with Crippen LogP contribution in [0.1, 0.15) is 36.9 Å². The van der Waals surface area contributed by atoms with E-state index in [9.17, 15) is 4.79 Å². The van der Waals surface area contributed by atoms with E-state index in [0.717, 1.165) is 43.1 Å². The van der Waals surface area contributed by atoms with Crippen LogP contribution in [0.3, 0.4) is 0 Å². The van der Waals surface area contributed by atoms with E-state index in [1.54, 1.807) is 6.20 Å². The molecule has 2 fully saturated rings. The SMILES string of the molecule is Cc1cccnc1CC(=O)N1CCC(C2CCCN2)CC1. The third-order valence-electron chi connectivity index (χ3n) is 5.00. The number of pyridine rings is 1. The quantitative estimate of drug-likeness (QED) is 0.924. The standard InChI is InChI=1S/C17H25N3O/c1-13-4-2-8-19-16(13)12-17(21)20-10-6-14(7-11-20)15-5-3-9-18-15/h2,4,8,14-15,18H,3,5-7,9-12H2,1H3. The molecule has 21 heavy (non-hydrogen) atoms. The summed E-state index contributed by atoms with van der Waals surface area (Å²) in [6.07, 6.45) is 7.12. The molecule has 0 spiro atoms. The predicted molar refractivity (Wildman–Crippen MR) is 83.0 cm³/mol. The number of likely N-dealkylation sites (tertiary alicyclic amines) is 1. The Labute approximate surface area is 126 Å². The van der Waals surface area contributed by atoms with Crippen molar-refractivity contribution in [2.45, 2.75) is 45.1 Å². The number of carbonyl (C=O) groups is 1. The first-order valence-electron chi connectivity index (χ1n) is 8.15. The molecule has 1 amide bonds. The molecule has 2 aliphatic rings. The number of rotatable bonds is 3. The Morgan fingerprint density at radius 2 is 2.19 bits per heavy atom. The molecule has 1 aromatic rings. The summed E-state index contributed by atoms with van der Waals surface area (Å²) in [5.41, 5.74) is 2.03. The maximum atomic E-state index is 12.4. The average molecular weight is 287 g/mol. The van der Waals surface area contributed by atoms with E-state index in [1.807, 2.05) is 24.0 Å². The molecule has 0 radical (unpaired) electrons. The van der Waals surface area contributed by atoms with E-state index in [-0.39, 0.29) is 5.91 Å². The first kappa shape index (κ1) is 14.5. The van der Waals surface area contributed by atoms with Gasteiger partial charge >= 0.3 is 0 Å². The van der Waals surface area contributed by atoms with Gasteiger partial charge in [-0.25, -0.2) is 0 Å². The van der Waals surface area contributed by atoms with Gasteiger partial charge in [0.2, 0.25) is 5.91 Å². The lowest BCUT2D eigenvalue weighted by molar-refractivity contribution is -0.132. The lowest BCUT2D eigenvalue weighted by atomic mass is 9.88. The number of hydrogen-bond donors (Lipinski definition) is 1. The first-order valence-corrected chi connectivity index (χ1v) is 8.15. The topological polar surface area (TPSA) is 45.2 Å². The highest BCUT2D eigenvalue weighted by Gasteiger charge is 2.29. The fraction of sp³-hybridized carbons (Fsp3) is 0.647. The van der Waals surface area contributed by atoms with Crippen molar-refractivity contribution in [3.63, 3.8) is 0 Å². The lowest BCUT2D eigenvalue weighted by Gasteiger charge is -2.35. The van der Waals surface area contributed by atoms with E-state index in [4.69, 9.17) is 0 Å². The normalized spacial score (nSPS) is 23.5. The van der Waals surface area contributed by atoms with Crippen LogP contribution in [-0.2, 0) is 11.2 Å². The molecule has 4 heteroatoms. The van der Waals surface area contributed by atoms with Gasteiger partial charge in [-0.05, 0) is 56.7 Å². The maximum absolute atomic E-state index is 12.4. The average Bonchev–Trinajstić information content (AvgIpc) is 3.04. The third-order valence-corrected chi connectivity index (χ3v) is 5.00. The minimum atomic E-state index is 0.231. The van der Waals surface area contributed by atoms with Crippen LogP contribution in [0, 0.1) is 12.8 Å². The molecular formula is C17H25N3O. The summed E-state index contributed by atoms with van der Waals surface area (Å²) in [6.45, 7) is 5.01. The van der Waals surface area contributed by atoms with Gasteiger partial charge < -0.3 is 10.2 Å². The van der Waals surface area contributed by atoms with Gasteiger partial charge in [0, 0.05) is 25.3 Å². The Bertz CT molecular complexity index is 489. The Morgan fingerprint density at radius 1 is 1.38 bits per heavy atom. The van der Waals surface area contributed by atoms with Crippen LogP contribution in [0.4, 0.5) is 0 Å². The second-order valence-electron chi connectivity index (χ2n) is 6.36. The van der Waals surface area contributed by atoms with Crippen molar-refractivity contribution in [2.75, 3.05) is 19.6 Å². The summed E-state index contributed by atoms with van der Waals surface area (Å²) in [5.74, 6) is 0.989. The third kappa shape index (κ3) is 3.43. The van der Waals surface area contributed by atoms with Gasteiger partial charge in [0.05, 0.1) is 12.1 Å². The van der Waals surface area contributed by atoms with Crippen molar-refractivity contribution in [2.24, 2.45) is 5.92 Å². The number of aryl methyl sites for hydroxylation is 1. The van der Waals surface area contributed by atoms with Crippen LogP contribution < -0.4 is 5.32 Å². The molecule has 1 N–H and O–H groups in total.